The predicted octanol–water partition coefficient (Wildman–Crippen LogP) is 3.72. The van der Waals surface area contributed by atoms with Gasteiger partial charge in [-0.3, -0.25) is 4.79 Å². The molecular formula is C20H21N3O4. The maximum atomic E-state index is 12.2. The Labute approximate surface area is 157 Å². The van der Waals surface area contributed by atoms with Crippen LogP contribution in [0.1, 0.15) is 19.2 Å². The molecule has 0 aliphatic heterocycles. The fourth-order valence-corrected chi connectivity index (χ4v) is 2.58. The van der Waals surface area contributed by atoms with Gasteiger partial charge in [0.25, 0.3) is 0 Å². The minimum Gasteiger partial charge on any atom is -0.495 e. The van der Waals surface area contributed by atoms with Gasteiger partial charge in [0, 0.05) is 12.8 Å². The molecule has 0 saturated heterocycles. The average Bonchev–Trinajstić information content (AvgIpc) is 3.16. The van der Waals surface area contributed by atoms with Crippen molar-refractivity contribution in [3.05, 3.63) is 54.4 Å². The summed E-state index contributed by atoms with van der Waals surface area (Å²) in [6, 6.07) is 14.7. The summed E-state index contributed by atoms with van der Waals surface area (Å²) < 4.78 is 16.1. The lowest BCUT2D eigenvalue weighted by Crippen LogP contribution is -2.13. The zero-order valence-electron chi connectivity index (χ0n) is 15.3. The van der Waals surface area contributed by atoms with Gasteiger partial charge in [-0.25, -0.2) is 0 Å². The molecular weight excluding hydrogens is 346 g/mol. The van der Waals surface area contributed by atoms with E-state index in [1.54, 1.807) is 19.2 Å². The SMILES string of the molecule is CCOc1ccccc1-c1noc(CCC(=O)Nc2ccccc2OC)n1. The Morgan fingerprint density at radius 1 is 1.11 bits per heavy atom. The number of para-hydroxylation sites is 3. The molecule has 0 saturated carbocycles. The normalized spacial score (nSPS) is 10.4. The second-order valence-corrected chi connectivity index (χ2v) is 5.69. The van der Waals surface area contributed by atoms with Crippen LogP contribution in [0.5, 0.6) is 11.5 Å². The number of rotatable bonds is 8. The first-order valence-electron chi connectivity index (χ1n) is 8.69. The number of nitrogens with one attached hydrogen (secondary N) is 1. The van der Waals surface area contributed by atoms with Crippen molar-refractivity contribution in [1.29, 1.82) is 0 Å². The van der Waals surface area contributed by atoms with E-state index in [-0.39, 0.29) is 12.3 Å². The Bertz CT molecular complexity index is 908. The third kappa shape index (κ3) is 4.63. The lowest BCUT2D eigenvalue weighted by atomic mass is 10.2. The second-order valence-electron chi connectivity index (χ2n) is 5.69. The zero-order chi connectivity index (χ0) is 19.1. The molecule has 1 N–H and O–H groups in total. The highest BCUT2D eigenvalue weighted by atomic mass is 16.5. The van der Waals surface area contributed by atoms with E-state index < -0.39 is 0 Å². The summed E-state index contributed by atoms with van der Waals surface area (Å²) in [6.07, 6.45) is 0.553. The molecule has 2 aromatic carbocycles. The second kappa shape index (κ2) is 8.84. The minimum atomic E-state index is -0.158. The molecule has 0 bridgehead atoms. The van der Waals surface area contributed by atoms with Crippen LogP contribution in [0, 0.1) is 0 Å². The van der Waals surface area contributed by atoms with Crippen molar-refractivity contribution in [1.82, 2.24) is 10.1 Å². The van der Waals surface area contributed by atoms with Crippen LogP contribution in [-0.4, -0.2) is 29.8 Å². The molecule has 27 heavy (non-hydrogen) atoms. The minimum absolute atomic E-state index is 0.158. The molecule has 0 aliphatic carbocycles. The van der Waals surface area contributed by atoms with Crippen LogP contribution in [0.25, 0.3) is 11.4 Å². The number of amides is 1. The Balaban J connectivity index is 1.62. The standard InChI is InChI=1S/C20H21N3O4/c1-3-26-16-10-6-4-8-14(16)20-22-19(27-23-20)13-12-18(24)21-15-9-5-7-11-17(15)25-2/h4-11H,3,12-13H2,1-2H3,(H,21,24). The Morgan fingerprint density at radius 3 is 2.63 bits per heavy atom. The number of nitrogens with zero attached hydrogens (tertiary/aromatic N) is 2. The van der Waals surface area contributed by atoms with Gasteiger partial charge in [-0.1, -0.05) is 29.4 Å². The fraction of sp³-hybridized carbons (Fsp3) is 0.250. The number of hydrogen-bond acceptors (Lipinski definition) is 6. The molecule has 3 rings (SSSR count). The van der Waals surface area contributed by atoms with Crippen molar-refractivity contribution in [3.8, 4) is 22.9 Å². The van der Waals surface area contributed by atoms with Crippen LogP contribution in [0.3, 0.4) is 0 Å². The average molecular weight is 367 g/mol. The number of aryl methyl sites for hydroxylation is 1. The molecule has 3 aromatic rings. The van der Waals surface area contributed by atoms with Gasteiger partial charge in [0.05, 0.1) is 25.0 Å². The number of benzene rings is 2. The quantitative estimate of drug-likeness (QED) is 0.653. The molecule has 140 valence electrons. The van der Waals surface area contributed by atoms with Gasteiger partial charge in [0.15, 0.2) is 0 Å². The van der Waals surface area contributed by atoms with E-state index in [1.807, 2.05) is 43.3 Å². The van der Waals surface area contributed by atoms with E-state index in [1.165, 1.54) is 0 Å². The molecule has 0 aliphatic rings. The topological polar surface area (TPSA) is 86.5 Å². The number of ether oxygens (including phenoxy) is 2. The highest BCUT2D eigenvalue weighted by Crippen LogP contribution is 2.28. The molecule has 0 spiro atoms. The maximum Gasteiger partial charge on any atom is 0.227 e. The molecule has 0 atom stereocenters. The lowest BCUT2D eigenvalue weighted by molar-refractivity contribution is -0.116. The van der Waals surface area contributed by atoms with E-state index in [2.05, 4.69) is 15.5 Å². The fourth-order valence-electron chi connectivity index (χ4n) is 2.58. The first-order valence-corrected chi connectivity index (χ1v) is 8.69. The maximum absolute atomic E-state index is 12.2. The third-order valence-corrected chi connectivity index (χ3v) is 3.84. The van der Waals surface area contributed by atoms with Crippen LogP contribution in [-0.2, 0) is 11.2 Å². The summed E-state index contributed by atoms with van der Waals surface area (Å²) in [7, 11) is 1.56. The van der Waals surface area contributed by atoms with E-state index in [4.69, 9.17) is 14.0 Å². The van der Waals surface area contributed by atoms with Gasteiger partial charge in [-0.2, -0.15) is 4.98 Å². The summed E-state index contributed by atoms with van der Waals surface area (Å²) in [6.45, 7) is 2.46. The lowest BCUT2D eigenvalue weighted by Gasteiger charge is -2.09. The number of hydrogen-bond donors (Lipinski definition) is 1. The molecule has 1 heterocycles. The Kier molecular flexibility index (Phi) is 6.04. The summed E-state index contributed by atoms with van der Waals surface area (Å²) >= 11 is 0. The zero-order valence-corrected chi connectivity index (χ0v) is 15.3. The highest BCUT2D eigenvalue weighted by Gasteiger charge is 2.14. The Morgan fingerprint density at radius 2 is 1.85 bits per heavy atom. The smallest absolute Gasteiger partial charge is 0.227 e. The van der Waals surface area contributed by atoms with Crippen LogP contribution in [0.2, 0.25) is 0 Å². The molecule has 0 fully saturated rings. The largest absolute Gasteiger partial charge is 0.495 e. The van der Waals surface area contributed by atoms with Crippen molar-refractivity contribution in [2.24, 2.45) is 0 Å². The first-order chi connectivity index (χ1) is 13.2. The molecule has 0 radical (unpaired) electrons. The van der Waals surface area contributed by atoms with Gasteiger partial charge in [0.1, 0.15) is 11.5 Å². The number of carbonyl (C=O) groups excluding carboxylic acids is 1. The van der Waals surface area contributed by atoms with Gasteiger partial charge in [-0.15, -0.1) is 0 Å². The number of aromatic nitrogens is 2. The number of anilines is 1. The van der Waals surface area contributed by atoms with Gasteiger partial charge < -0.3 is 19.3 Å². The summed E-state index contributed by atoms with van der Waals surface area (Å²) in [5.41, 5.74) is 1.38. The van der Waals surface area contributed by atoms with E-state index in [0.29, 0.717) is 41.9 Å². The van der Waals surface area contributed by atoms with E-state index in [0.717, 1.165) is 5.56 Å². The number of methoxy groups -OCH3 is 1. The molecule has 1 aromatic heterocycles. The van der Waals surface area contributed by atoms with Crippen molar-refractivity contribution in [2.75, 3.05) is 19.0 Å². The molecule has 7 nitrogen and oxygen atoms in total. The number of carbonyl (C=O) groups is 1. The first kappa shape index (κ1) is 18.4. The summed E-state index contributed by atoms with van der Waals surface area (Å²) in [5.74, 6) is 1.99. The van der Waals surface area contributed by atoms with Crippen LogP contribution in [0.15, 0.2) is 53.1 Å². The van der Waals surface area contributed by atoms with Crippen LogP contribution < -0.4 is 14.8 Å². The van der Waals surface area contributed by atoms with Crippen molar-refractivity contribution >= 4 is 11.6 Å². The van der Waals surface area contributed by atoms with Crippen molar-refractivity contribution < 1.29 is 18.8 Å². The van der Waals surface area contributed by atoms with Gasteiger partial charge in [0.2, 0.25) is 17.6 Å². The Hall–Kier alpha value is -3.35. The third-order valence-electron chi connectivity index (χ3n) is 3.84. The van der Waals surface area contributed by atoms with Crippen LogP contribution >= 0.6 is 0 Å². The summed E-state index contributed by atoms with van der Waals surface area (Å²) in [4.78, 5) is 16.6. The molecule has 1 amide bonds. The van der Waals surface area contributed by atoms with E-state index >= 15 is 0 Å². The summed E-state index contributed by atoms with van der Waals surface area (Å²) in [5, 5.41) is 6.82. The highest BCUT2D eigenvalue weighted by molar-refractivity contribution is 5.92. The monoisotopic (exact) mass is 367 g/mol. The molecule has 0 unspecified atom stereocenters. The van der Waals surface area contributed by atoms with Crippen LogP contribution in [0.4, 0.5) is 5.69 Å². The molecule has 7 heteroatoms. The van der Waals surface area contributed by atoms with Gasteiger partial charge >= 0.3 is 0 Å². The van der Waals surface area contributed by atoms with E-state index in [9.17, 15) is 4.79 Å². The predicted molar refractivity (Wildman–Crippen MR) is 101 cm³/mol. The van der Waals surface area contributed by atoms with Crippen molar-refractivity contribution in [3.63, 3.8) is 0 Å². The van der Waals surface area contributed by atoms with Gasteiger partial charge in [-0.05, 0) is 31.2 Å². The van der Waals surface area contributed by atoms with Crippen molar-refractivity contribution in [2.45, 2.75) is 19.8 Å².